The molecule has 5 nitrogen and oxygen atoms in total. The van der Waals surface area contributed by atoms with Crippen LogP contribution in [0, 0.1) is 0 Å². The van der Waals surface area contributed by atoms with Gasteiger partial charge in [-0.1, -0.05) is 18.2 Å². The minimum absolute atomic E-state index is 0.0434. The van der Waals surface area contributed by atoms with Crippen molar-refractivity contribution in [2.75, 3.05) is 33.3 Å². The Balaban J connectivity index is 1.94. The van der Waals surface area contributed by atoms with Crippen molar-refractivity contribution in [3.63, 3.8) is 0 Å². The van der Waals surface area contributed by atoms with E-state index < -0.39 is 0 Å². The molecule has 5 heteroatoms. The lowest BCUT2D eigenvalue weighted by Crippen LogP contribution is -2.53. The molecule has 0 unspecified atom stereocenters. The number of amides is 2. The van der Waals surface area contributed by atoms with Gasteiger partial charge in [-0.05, 0) is 26.0 Å². The molecule has 0 N–H and O–H groups in total. The average Bonchev–Trinajstić information content (AvgIpc) is 2.46. The van der Waals surface area contributed by atoms with E-state index in [0.29, 0.717) is 25.3 Å². The number of ether oxygens (including phenoxy) is 1. The number of hydrogen-bond donors (Lipinski definition) is 0. The third kappa shape index (κ3) is 4.04. The first-order valence-electron chi connectivity index (χ1n) is 7.11. The van der Waals surface area contributed by atoms with Gasteiger partial charge in [-0.2, -0.15) is 0 Å². The Morgan fingerprint density at radius 2 is 1.95 bits per heavy atom. The molecule has 1 heterocycles. The van der Waals surface area contributed by atoms with Gasteiger partial charge in [0, 0.05) is 25.7 Å². The first-order valence-corrected chi connectivity index (χ1v) is 7.11. The Labute approximate surface area is 125 Å². The number of likely N-dealkylation sites (N-methyl/N-ethyl adjacent to an activating group) is 1. The van der Waals surface area contributed by atoms with E-state index in [2.05, 4.69) is 0 Å². The second-order valence-corrected chi connectivity index (χ2v) is 5.95. The number of carbonyl (C=O) groups excluding carboxylic acids is 2. The third-order valence-electron chi connectivity index (χ3n) is 3.52. The standard InChI is InChI=1S/C16H22N2O3/c1-16(2)12-18(9-10-21-16)14(19)11-17(3)15(20)13-7-5-4-6-8-13/h4-8H,9-12H2,1-3H3. The highest BCUT2D eigenvalue weighted by Gasteiger charge is 2.30. The zero-order chi connectivity index (χ0) is 15.5. The average molecular weight is 290 g/mol. The molecule has 21 heavy (non-hydrogen) atoms. The van der Waals surface area contributed by atoms with Crippen molar-refractivity contribution < 1.29 is 14.3 Å². The smallest absolute Gasteiger partial charge is 0.254 e. The number of benzene rings is 1. The van der Waals surface area contributed by atoms with E-state index in [1.165, 1.54) is 4.90 Å². The molecule has 1 saturated heterocycles. The van der Waals surface area contributed by atoms with Crippen molar-refractivity contribution in [3.05, 3.63) is 35.9 Å². The molecule has 1 fully saturated rings. The number of rotatable bonds is 3. The Morgan fingerprint density at radius 1 is 1.29 bits per heavy atom. The molecule has 0 aliphatic carbocycles. The normalized spacial score (nSPS) is 17.4. The molecule has 0 bridgehead atoms. The van der Waals surface area contributed by atoms with Gasteiger partial charge in [-0.25, -0.2) is 0 Å². The molecule has 2 amide bonds. The van der Waals surface area contributed by atoms with Crippen LogP contribution in [-0.2, 0) is 9.53 Å². The molecule has 1 aliphatic rings. The van der Waals surface area contributed by atoms with Gasteiger partial charge in [0.2, 0.25) is 5.91 Å². The van der Waals surface area contributed by atoms with Gasteiger partial charge in [0.15, 0.2) is 0 Å². The van der Waals surface area contributed by atoms with Crippen molar-refractivity contribution in [1.29, 1.82) is 0 Å². The second kappa shape index (κ2) is 6.26. The quantitative estimate of drug-likeness (QED) is 0.845. The Bertz CT molecular complexity index is 514. The van der Waals surface area contributed by atoms with Gasteiger partial charge in [-0.15, -0.1) is 0 Å². The minimum Gasteiger partial charge on any atom is -0.372 e. The van der Waals surface area contributed by atoms with Gasteiger partial charge in [0.1, 0.15) is 0 Å². The third-order valence-corrected chi connectivity index (χ3v) is 3.52. The van der Waals surface area contributed by atoms with E-state index in [9.17, 15) is 9.59 Å². The number of nitrogens with zero attached hydrogens (tertiary/aromatic N) is 2. The van der Waals surface area contributed by atoms with Crippen LogP contribution in [-0.4, -0.2) is 60.5 Å². The van der Waals surface area contributed by atoms with E-state index in [0.717, 1.165) is 0 Å². The van der Waals surface area contributed by atoms with Gasteiger partial charge in [0.05, 0.1) is 18.8 Å². The number of morpholine rings is 1. The summed E-state index contributed by atoms with van der Waals surface area (Å²) in [5.41, 5.74) is 0.269. The highest BCUT2D eigenvalue weighted by Crippen LogP contribution is 2.16. The van der Waals surface area contributed by atoms with Gasteiger partial charge < -0.3 is 14.5 Å². The van der Waals surface area contributed by atoms with Crippen molar-refractivity contribution >= 4 is 11.8 Å². The zero-order valence-electron chi connectivity index (χ0n) is 12.8. The summed E-state index contributed by atoms with van der Waals surface area (Å²) < 4.78 is 5.59. The predicted molar refractivity (Wildman–Crippen MR) is 80.0 cm³/mol. The number of carbonyl (C=O) groups is 2. The van der Waals surface area contributed by atoms with Crippen molar-refractivity contribution in [2.45, 2.75) is 19.4 Å². The summed E-state index contributed by atoms with van der Waals surface area (Å²) in [6, 6.07) is 8.99. The summed E-state index contributed by atoms with van der Waals surface area (Å²) in [6.45, 7) is 5.68. The topological polar surface area (TPSA) is 49.9 Å². The van der Waals surface area contributed by atoms with Crippen molar-refractivity contribution in [2.24, 2.45) is 0 Å². The second-order valence-electron chi connectivity index (χ2n) is 5.95. The fourth-order valence-electron chi connectivity index (χ4n) is 2.41. The molecule has 114 valence electrons. The molecule has 0 radical (unpaired) electrons. The van der Waals surface area contributed by atoms with Gasteiger partial charge in [0.25, 0.3) is 5.91 Å². The lowest BCUT2D eigenvalue weighted by Gasteiger charge is -2.38. The van der Waals surface area contributed by atoms with Crippen LogP contribution in [0.4, 0.5) is 0 Å². The summed E-state index contributed by atoms with van der Waals surface area (Å²) in [4.78, 5) is 27.7. The summed E-state index contributed by atoms with van der Waals surface area (Å²) in [7, 11) is 1.65. The molecule has 2 rings (SSSR count). The Kier molecular flexibility index (Phi) is 4.63. The van der Waals surface area contributed by atoms with E-state index in [1.54, 1.807) is 24.1 Å². The first kappa shape index (κ1) is 15.5. The summed E-state index contributed by atoms with van der Waals surface area (Å²) in [6.07, 6.45) is 0. The van der Waals surface area contributed by atoms with Crippen LogP contribution in [0.2, 0.25) is 0 Å². The van der Waals surface area contributed by atoms with Crippen LogP contribution >= 0.6 is 0 Å². The van der Waals surface area contributed by atoms with Crippen molar-refractivity contribution in [1.82, 2.24) is 9.80 Å². The monoisotopic (exact) mass is 290 g/mol. The zero-order valence-corrected chi connectivity index (χ0v) is 12.8. The predicted octanol–water partition coefficient (Wildman–Crippen LogP) is 1.40. The van der Waals surface area contributed by atoms with Crippen LogP contribution in [0.5, 0.6) is 0 Å². The molecule has 1 aromatic rings. The van der Waals surface area contributed by atoms with Crippen LogP contribution in [0.25, 0.3) is 0 Å². The highest BCUT2D eigenvalue weighted by molar-refractivity contribution is 5.96. The lowest BCUT2D eigenvalue weighted by atomic mass is 10.1. The maximum atomic E-state index is 12.3. The van der Waals surface area contributed by atoms with E-state index >= 15 is 0 Å². The largest absolute Gasteiger partial charge is 0.372 e. The molecular weight excluding hydrogens is 268 g/mol. The van der Waals surface area contributed by atoms with Crippen LogP contribution in [0.3, 0.4) is 0 Å². The first-order chi connectivity index (χ1) is 9.89. The summed E-state index contributed by atoms with van der Waals surface area (Å²) in [5.74, 6) is -0.186. The van der Waals surface area contributed by atoms with Crippen LogP contribution in [0.15, 0.2) is 30.3 Å². The molecule has 0 aromatic heterocycles. The Morgan fingerprint density at radius 3 is 2.57 bits per heavy atom. The van der Waals surface area contributed by atoms with Gasteiger partial charge in [-0.3, -0.25) is 9.59 Å². The van der Waals surface area contributed by atoms with E-state index in [-0.39, 0.29) is 24.0 Å². The summed E-state index contributed by atoms with van der Waals surface area (Å²) in [5, 5.41) is 0. The fourth-order valence-corrected chi connectivity index (χ4v) is 2.41. The van der Waals surface area contributed by atoms with E-state index in [4.69, 9.17) is 4.74 Å². The highest BCUT2D eigenvalue weighted by atomic mass is 16.5. The summed E-state index contributed by atoms with van der Waals surface area (Å²) >= 11 is 0. The molecule has 0 atom stereocenters. The van der Waals surface area contributed by atoms with Gasteiger partial charge >= 0.3 is 0 Å². The molecular formula is C16H22N2O3. The lowest BCUT2D eigenvalue weighted by molar-refractivity contribution is -0.146. The SMILES string of the molecule is CN(CC(=O)N1CCOC(C)(C)C1)C(=O)c1ccccc1. The Hall–Kier alpha value is -1.88. The molecule has 1 aliphatic heterocycles. The molecule has 0 saturated carbocycles. The maximum absolute atomic E-state index is 12.3. The fraction of sp³-hybridized carbons (Fsp3) is 0.500. The number of hydrogen-bond acceptors (Lipinski definition) is 3. The minimum atomic E-state index is -0.323. The van der Waals surface area contributed by atoms with Crippen LogP contribution < -0.4 is 0 Å². The molecule has 1 aromatic carbocycles. The van der Waals surface area contributed by atoms with Crippen molar-refractivity contribution in [3.8, 4) is 0 Å². The maximum Gasteiger partial charge on any atom is 0.254 e. The van der Waals surface area contributed by atoms with Crippen LogP contribution in [0.1, 0.15) is 24.2 Å². The molecule has 0 spiro atoms. The van der Waals surface area contributed by atoms with E-state index in [1.807, 2.05) is 32.0 Å².